The fourth-order valence-electron chi connectivity index (χ4n) is 3.72. The highest BCUT2D eigenvalue weighted by Gasteiger charge is 2.28. The molecular formula is C28H38O4S6. The molecule has 0 N–H and O–H groups in total. The van der Waals surface area contributed by atoms with Crippen molar-refractivity contribution in [3.8, 4) is 0 Å². The summed E-state index contributed by atoms with van der Waals surface area (Å²) in [7, 11) is 0. The van der Waals surface area contributed by atoms with Crippen LogP contribution in [0.15, 0.2) is 48.6 Å². The summed E-state index contributed by atoms with van der Waals surface area (Å²) in [6.07, 6.45) is 2.21. The van der Waals surface area contributed by atoms with Gasteiger partial charge in [-0.2, -0.15) is 23.5 Å². The lowest BCUT2D eigenvalue weighted by atomic mass is 10.0. The summed E-state index contributed by atoms with van der Waals surface area (Å²) < 4.78 is 11.8. The van der Waals surface area contributed by atoms with Crippen molar-refractivity contribution >= 4 is 82.5 Å². The second kappa shape index (κ2) is 17.5. The van der Waals surface area contributed by atoms with Gasteiger partial charge in [0.05, 0.1) is 9.16 Å². The minimum absolute atomic E-state index is 0.283. The molecule has 0 amide bonds. The molecule has 0 saturated carbocycles. The predicted octanol–water partition coefficient (Wildman–Crippen LogP) is 6.83. The van der Waals surface area contributed by atoms with Gasteiger partial charge in [-0.3, -0.25) is 0 Å². The zero-order valence-electron chi connectivity index (χ0n) is 22.2. The molecule has 2 aliphatic heterocycles. The van der Waals surface area contributed by atoms with Crippen molar-refractivity contribution in [2.75, 3.05) is 47.7 Å². The first kappa shape index (κ1) is 32.3. The van der Waals surface area contributed by atoms with Crippen molar-refractivity contribution in [3.05, 3.63) is 59.7 Å². The Morgan fingerprint density at radius 3 is 1.63 bits per heavy atom. The van der Waals surface area contributed by atoms with Crippen LogP contribution in [0.1, 0.15) is 25.0 Å². The quantitative estimate of drug-likeness (QED) is 0.110. The van der Waals surface area contributed by atoms with Gasteiger partial charge < -0.3 is 9.47 Å². The number of aryl methyl sites for hydroxylation is 2. The highest BCUT2D eigenvalue weighted by atomic mass is 32.2. The maximum absolute atomic E-state index is 11.6. The van der Waals surface area contributed by atoms with E-state index in [9.17, 15) is 9.59 Å². The number of hydrogen-bond donors (Lipinski definition) is 0. The molecule has 4 unspecified atom stereocenters. The van der Waals surface area contributed by atoms with Crippen LogP contribution in [-0.2, 0) is 31.9 Å². The van der Waals surface area contributed by atoms with Gasteiger partial charge in [0.1, 0.15) is 13.2 Å². The Bertz CT molecular complexity index is 880. The van der Waals surface area contributed by atoms with E-state index in [0.29, 0.717) is 44.0 Å². The van der Waals surface area contributed by atoms with Crippen LogP contribution >= 0.6 is 70.6 Å². The fraction of sp³-hybridized carbons (Fsp3) is 0.571. The van der Waals surface area contributed by atoms with Crippen LogP contribution in [0.25, 0.3) is 0 Å². The summed E-state index contributed by atoms with van der Waals surface area (Å²) in [5, 5.41) is 0.774. The first-order chi connectivity index (χ1) is 18.3. The first-order valence-electron chi connectivity index (χ1n) is 12.7. The number of thioether (sulfide) groups is 6. The highest BCUT2D eigenvalue weighted by molar-refractivity contribution is 8.22. The number of ether oxygens (including phenoxy) is 2. The van der Waals surface area contributed by atoms with Crippen molar-refractivity contribution in [1.82, 2.24) is 0 Å². The summed E-state index contributed by atoms with van der Waals surface area (Å²) in [6, 6.07) is 8.88. The summed E-state index contributed by atoms with van der Waals surface area (Å²) in [5.74, 6) is 6.03. The molecule has 210 valence electrons. The van der Waals surface area contributed by atoms with Crippen molar-refractivity contribution in [1.29, 1.82) is 0 Å². The second-order valence-corrected chi connectivity index (χ2v) is 17.6. The molecule has 0 aliphatic carbocycles. The molecule has 3 rings (SSSR count). The largest absolute Gasteiger partial charge is 0.461 e. The molecule has 4 nitrogen and oxygen atoms in total. The van der Waals surface area contributed by atoms with Gasteiger partial charge in [-0.1, -0.05) is 37.4 Å². The Kier molecular flexibility index (Phi) is 14.9. The smallest absolute Gasteiger partial charge is 0.333 e. The lowest BCUT2D eigenvalue weighted by Gasteiger charge is -2.13. The average Bonchev–Trinajstić information content (AvgIpc) is 3.56. The van der Waals surface area contributed by atoms with Crippen molar-refractivity contribution in [3.63, 3.8) is 0 Å². The third kappa shape index (κ3) is 11.7. The number of benzene rings is 1. The van der Waals surface area contributed by atoms with E-state index < -0.39 is 0 Å². The summed E-state index contributed by atoms with van der Waals surface area (Å²) in [4.78, 5) is 23.2. The van der Waals surface area contributed by atoms with Crippen LogP contribution < -0.4 is 0 Å². The molecule has 4 atom stereocenters. The highest BCUT2D eigenvalue weighted by Crippen LogP contribution is 2.40. The van der Waals surface area contributed by atoms with Gasteiger partial charge in [0.15, 0.2) is 0 Å². The SMILES string of the molecule is C=C(C)C(=O)OCC1CSC(CSCCc2ccccc2CCSCC2SCC(COC(=O)C(=C)C)S2)S1. The molecule has 38 heavy (non-hydrogen) atoms. The van der Waals surface area contributed by atoms with Crippen LogP contribution in [0.3, 0.4) is 0 Å². The maximum Gasteiger partial charge on any atom is 0.333 e. The minimum atomic E-state index is -0.283. The molecule has 10 heteroatoms. The summed E-state index contributed by atoms with van der Waals surface area (Å²) in [6.45, 7) is 11.6. The molecule has 1 aromatic rings. The number of esters is 2. The van der Waals surface area contributed by atoms with Crippen LogP contribution in [0, 0.1) is 0 Å². The molecule has 0 aromatic heterocycles. The molecule has 2 aliphatic rings. The summed E-state index contributed by atoms with van der Waals surface area (Å²) in [5.41, 5.74) is 3.88. The lowest BCUT2D eigenvalue weighted by molar-refractivity contribution is -0.139. The third-order valence-corrected chi connectivity index (χ3v) is 15.2. The van der Waals surface area contributed by atoms with Gasteiger partial charge in [0, 0.05) is 44.7 Å². The van der Waals surface area contributed by atoms with Gasteiger partial charge >= 0.3 is 11.9 Å². The minimum Gasteiger partial charge on any atom is -0.461 e. The maximum atomic E-state index is 11.6. The molecule has 1 aromatic carbocycles. The fourth-order valence-corrected chi connectivity index (χ4v) is 13.1. The molecule has 0 radical (unpaired) electrons. The first-order valence-corrected chi connectivity index (χ1v) is 19.0. The van der Waals surface area contributed by atoms with Crippen LogP contribution in [0.2, 0.25) is 0 Å². The van der Waals surface area contributed by atoms with Gasteiger partial charge in [-0.05, 0) is 49.3 Å². The van der Waals surface area contributed by atoms with E-state index in [1.807, 2.05) is 70.6 Å². The Morgan fingerprint density at radius 1 is 0.816 bits per heavy atom. The number of carbonyl (C=O) groups excluding carboxylic acids is 2. The van der Waals surface area contributed by atoms with E-state index in [1.54, 1.807) is 13.8 Å². The Labute approximate surface area is 253 Å². The van der Waals surface area contributed by atoms with Crippen molar-refractivity contribution in [2.45, 2.75) is 46.4 Å². The van der Waals surface area contributed by atoms with Crippen LogP contribution in [0.5, 0.6) is 0 Å². The molecule has 2 saturated heterocycles. The average molecular weight is 631 g/mol. The van der Waals surface area contributed by atoms with Crippen molar-refractivity contribution in [2.24, 2.45) is 0 Å². The van der Waals surface area contributed by atoms with Crippen LogP contribution in [0.4, 0.5) is 0 Å². The van der Waals surface area contributed by atoms with E-state index >= 15 is 0 Å². The molecular weight excluding hydrogens is 593 g/mol. The van der Waals surface area contributed by atoms with E-state index in [1.165, 1.54) is 11.1 Å². The zero-order chi connectivity index (χ0) is 27.3. The topological polar surface area (TPSA) is 52.6 Å². The zero-order valence-corrected chi connectivity index (χ0v) is 27.1. The van der Waals surface area contributed by atoms with Gasteiger partial charge in [0.2, 0.25) is 0 Å². The van der Waals surface area contributed by atoms with E-state index in [4.69, 9.17) is 9.47 Å². The molecule has 2 fully saturated rings. The standard InChI is InChI=1S/C28H38O4S6/c1-19(2)27(29)31-13-23-15-35-25(37-23)17-33-11-9-21-7-5-6-8-22(21)10-12-34-18-26-36-16-24(38-26)14-32-28(30)20(3)4/h5-8,23-26H,1,3,9-18H2,2,4H3. The Balaban J connectivity index is 1.27. The molecule has 0 bridgehead atoms. The van der Waals surface area contributed by atoms with Gasteiger partial charge in [-0.25, -0.2) is 9.59 Å². The normalized spacial score (nSPS) is 22.8. The van der Waals surface area contributed by atoms with E-state index in [-0.39, 0.29) is 11.9 Å². The van der Waals surface area contributed by atoms with Crippen molar-refractivity contribution < 1.29 is 19.1 Å². The Morgan fingerprint density at radius 2 is 1.24 bits per heavy atom. The monoisotopic (exact) mass is 630 g/mol. The second-order valence-electron chi connectivity index (χ2n) is 9.22. The number of rotatable bonds is 16. The van der Waals surface area contributed by atoms with Gasteiger partial charge in [-0.15, -0.1) is 47.0 Å². The Hall–Kier alpha value is -0.260. The van der Waals surface area contributed by atoms with Crippen LogP contribution in [-0.4, -0.2) is 79.3 Å². The molecule has 0 spiro atoms. The lowest BCUT2D eigenvalue weighted by Crippen LogP contribution is -2.16. The molecule has 2 heterocycles. The van der Waals surface area contributed by atoms with E-state index in [2.05, 4.69) is 37.4 Å². The third-order valence-electron chi connectivity index (χ3n) is 5.78. The predicted molar refractivity (Wildman–Crippen MR) is 175 cm³/mol. The number of carbonyl (C=O) groups is 2. The van der Waals surface area contributed by atoms with E-state index in [0.717, 1.165) is 47.4 Å². The van der Waals surface area contributed by atoms with Gasteiger partial charge in [0.25, 0.3) is 0 Å². The number of hydrogen-bond acceptors (Lipinski definition) is 10. The summed E-state index contributed by atoms with van der Waals surface area (Å²) >= 11 is 11.9.